The summed E-state index contributed by atoms with van der Waals surface area (Å²) < 4.78 is 1.09. The highest BCUT2D eigenvalue weighted by atomic mass is 79.9. The molecule has 0 aliphatic rings. The normalized spacial score (nSPS) is 10.9. The van der Waals surface area contributed by atoms with Gasteiger partial charge in [-0.15, -0.1) is 0 Å². The van der Waals surface area contributed by atoms with Crippen LogP contribution >= 0.6 is 15.9 Å². The average Bonchev–Trinajstić information content (AvgIpc) is 2.67. The second kappa shape index (κ2) is 4.24. The second-order valence-electron chi connectivity index (χ2n) is 2.90. The van der Waals surface area contributed by atoms with Crippen LogP contribution in [-0.2, 0) is 0 Å². The molecule has 0 radical (unpaired) electrons. The quantitative estimate of drug-likeness (QED) is 0.868. The predicted molar refractivity (Wildman–Crippen MR) is 61.7 cm³/mol. The molecule has 3 heteroatoms. The van der Waals surface area contributed by atoms with Gasteiger partial charge in [0.05, 0.1) is 18.2 Å². The largest absolute Gasteiger partial charge is 0.345 e. The van der Waals surface area contributed by atoms with Crippen LogP contribution in [0.5, 0.6) is 0 Å². The maximum atomic E-state index is 3.94. The number of benzene rings is 1. The molecular formula is C11H9BrN2. The van der Waals surface area contributed by atoms with Gasteiger partial charge >= 0.3 is 0 Å². The minimum Gasteiger partial charge on any atom is -0.345 e. The van der Waals surface area contributed by atoms with Crippen LogP contribution in [0.4, 0.5) is 0 Å². The maximum absolute atomic E-state index is 3.94. The van der Waals surface area contributed by atoms with Gasteiger partial charge in [0.15, 0.2) is 0 Å². The van der Waals surface area contributed by atoms with Crippen molar-refractivity contribution in [2.45, 2.75) is 0 Å². The number of aromatic nitrogens is 2. The van der Waals surface area contributed by atoms with Gasteiger partial charge in [-0.25, -0.2) is 4.98 Å². The van der Waals surface area contributed by atoms with E-state index in [-0.39, 0.29) is 0 Å². The monoisotopic (exact) mass is 248 g/mol. The van der Waals surface area contributed by atoms with Gasteiger partial charge in [0.2, 0.25) is 0 Å². The van der Waals surface area contributed by atoms with Crippen LogP contribution in [0.1, 0.15) is 11.3 Å². The zero-order valence-corrected chi connectivity index (χ0v) is 9.03. The number of halogens is 1. The lowest BCUT2D eigenvalue weighted by Gasteiger charge is -1.93. The summed E-state index contributed by atoms with van der Waals surface area (Å²) in [5, 5.41) is 0. The molecule has 2 aromatic rings. The molecule has 0 aliphatic heterocycles. The topological polar surface area (TPSA) is 28.7 Å². The number of hydrogen-bond acceptors (Lipinski definition) is 1. The van der Waals surface area contributed by atoms with Gasteiger partial charge in [0.1, 0.15) is 0 Å². The highest BCUT2D eigenvalue weighted by molar-refractivity contribution is 9.10. The molecule has 0 bridgehead atoms. The van der Waals surface area contributed by atoms with E-state index in [4.69, 9.17) is 0 Å². The predicted octanol–water partition coefficient (Wildman–Crippen LogP) is 3.34. The molecule has 0 saturated heterocycles. The van der Waals surface area contributed by atoms with E-state index in [0.29, 0.717) is 0 Å². The van der Waals surface area contributed by atoms with Crippen LogP contribution in [0, 0.1) is 0 Å². The van der Waals surface area contributed by atoms with Crippen molar-refractivity contribution in [2.24, 2.45) is 0 Å². The van der Waals surface area contributed by atoms with Crippen LogP contribution in [0.3, 0.4) is 0 Å². The molecule has 0 saturated carbocycles. The molecule has 1 heterocycles. The van der Waals surface area contributed by atoms with E-state index in [1.807, 2.05) is 24.3 Å². The minimum absolute atomic E-state index is 1.00. The molecule has 0 spiro atoms. The van der Waals surface area contributed by atoms with Gasteiger partial charge in [-0.3, -0.25) is 0 Å². The third kappa shape index (κ3) is 2.33. The summed E-state index contributed by atoms with van der Waals surface area (Å²) in [7, 11) is 0. The fraction of sp³-hybridized carbons (Fsp3) is 0. The standard InChI is InChI=1S/C11H9BrN2/c12-10-3-1-2-9(6-10)4-5-11-7-13-8-14-11/h1-8H,(H,13,14)/b5-4+. The maximum Gasteiger partial charge on any atom is 0.0924 e. The Morgan fingerprint density at radius 3 is 2.93 bits per heavy atom. The summed E-state index contributed by atoms with van der Waals surface area (Å²) in [6, 6.07) is 8.13. The van der Waals surface area contributed by atoms with E-state index >= 15 is 0 Å². The highest BCUT2D eigenvalue weighted by Gasteiger charge is 1.89. The third-order valence-electron chi connectivity index (χ3n) is 1.82. The smallest absolute Gasteiger partial charge is 0.0924 e. The number of nitrogens with one attached hydrogen (secondary N) is 1. The fourth-order valence-electron chi connectivity index (χ4n) is 1.15. The van der Waals surface area contributed by atoms with Crippen molar-refractivity contribution in [3.05, 3.63) is 52.5 Å². The molecule has 0 amide bonds. The number of aromatic amines is 1. The molecule has 2 nitrogen and oxygen atoms in total. The van der Waals surface area contributed by atoms with E-state index in [2.05, 4.69) is 38.0 Å². The Morgan fingerprint density at radius 1 is 1.29 bits per heavy atom. The van der Waals surface area contributed by atoms with Crippen molar-refractivity contribution < 1.29 is 0 Å². The molecule has 0 unspecified atom stereocenters. The Balaban J connectivity index is 2.18. The number of rotatable bonds is 2. The Morgan fingerprint density at radius 2 is 2.21 bits per heavy atom. The highest BCUT2D eigenvalue weighted by Crippen LogP contribution is 2.13. The number of hydrogen-bond donors (Lipinski definition) is 1. The van der Waals surface area contributed by atoms with Gasteiger partial charge < -0.3 is 4.98 Å². The first kappa shape index (κ1) is 9.21. The molecule has 1 aromatic carbocycles. The summed E-state index contributed by atoms with van der Waals surface area (Å²) in [5.41, 5.74) is 2.17. The van der Waals surface area contributed by atoms with Crippen molar-refractivity contribution in [1.29, 1.82) is 0 Å². The molecule has 1 N–H and O–H groups in total. The van der Waals surface area contributed by atoms with Crippen molar-refractivity contribution in [3.63, 3.8) is 0 Å². The lowest BCUT2D eigenvalue weighted by molar-refractivity contribution is 1.31. The van der Waals surface area contributed by atoms with Crippen LogP contribution in [0.25, 0.3) is 12.2 Å². The second-order valence-corrected chi connectivity index (χ2v) is 3.81. The van der Waals surface area contributed by atoms with E-state index in [1.165, 1.54) is 0 Å². The molecular weight excluding hydrogens is 240 g/mol. The Bertz CT molecular complexity index is 432. The molecule has 14 heavy (non-hydrogen) atoms. The van der Waals surface area contributed by atoms with E-state index in [1.54, 1.807) is 12.5 Å². The van der Waals surface area contributed by atoms with Crippen LogP contribution in [0.15, 0.2) is 41.3 Å². The SMILES string of the molecule is Brc1cccc(/C=C/c2cnc[nH]2)c1. The molecule has 0 fully saturated rings. The zero-order valence-electron chi connectivity index (χ0n) is 7.44. The minimum atomic E-state index is 1.00. The average molecular weight is 249 g/mol. The van der Waals surface area contributed by atoms with Crippen molar-refractivity contribution in [1.82, 2.24) is 9.97 Å². The molecule has 0 atom stereocenters. The summed E-state index contributed by atoms with van der Waals surface area (Å²) in [4.78, 5) is 6.95. The van der Waals surface area contributed by atoms with Crippen LogP contribution in [0.2, 0.25) is 0 Å². The van der Waals surface area contributed by atoms with E-state index in [9.17, 15) is 0 Å². The van der Waals surface area contributed by atoms with Crippen LogP contribution < -0.4 is 0 Å². The van der Waals surface area contributed by atoms with Gasteiger partial charge in [-0.1, -0.05) is 34.1 Å². The number of H-pyrrole nitrogens is 1. The van der Waals surface area contributed by atoms with Gasteiger partial charge in [0.25, 0.3) is 0 Å². The number of imidazole rings is 1. The lowest BCUT2D eigenvalue weighted by Crippen LogP contribution is -1.72. The van der Waals surface area contributed by atoms with Crippen molar-refractivity contribution >= 4 is 28.1 Å². The third-order valence-corrected chi connectivity index (χ3v) is 2.32. The summed E-state index contributed by atoms with van der Waals surface area (Å²) >= 11 is 3.43. The Hall–Kier alpha value is -1.35. The summed E-state index contributed by atoms with van der Waals surface area (Å²) in [6.07, 6.45) is 7.49. The zero-order chi connectivity index (χ0) is 9.80. The van der Waals surface area contributed by atoms with Crippen molar-refractivity contribution in [3.8, 4) is 0 Å². The summed E-state index contributed by atoms with van der Waals surface area (Å²) in [5.74, 6) is 0. The summed E-state index contributed by atoms with van der Waals surface area (Å²) in [6.45, 7) is 0. The van der Waals surface area contributed by atoms with E-state index in [0.717, 1.165) is 15.7 Å². The Kier molecular flexibility index (Phi) is 2.79. The lowest BCUT2D eigenvalue weighted by atomic mass is 10.2. The van der Waals surface area contributed by atoms with E-state index < -0.39 is 0 Å². The first-order valence-electron chi connectivity index (χ1n) is 4.26. The van der Waals surface area contributed by atoms with Crippen molar-refractivity contribution in [2.75, 3.05) is 0 Å². The molecule has 2 rings (SSSR count). The molecule has 70 valence electrons. The number of nitrogens with zero attached hydrogens (tertiary/aromatic N) is 1. The van der Waals surface area contributed by atoms with Crippen LogP contribution in [-0.4, -0.2) is 9.97 Å². The molecule has 1 aromatic heterocycles. The van der Waals surface area contributed by atoms with Gasteiger partial charge in [-0.2, -0.15) is 0 Å². The van der Waals surface area contributed by atoms with Gasteiger partial charge in [0, 0.05) is 4.47 Å². The first-order valence-corrected chi connectivity index (χ1v) is 5.06. The first-order chi connectivity index (χ1) is 6.84. The van der Waals surface area contributed by atoms with Gasteiger partial charge in [-0.05, 0) is 23.8 Å². The molecule has 0 aliphatic carbocycles. The fourth-order valence-corrected chi connectivity index (χ4v) is 1.57. The Labute approximate surface area is 90.8 Å².